The Bertz CT molecular complexity index is 1920. The number of hydrogen-bond acceptors (Lipinski definition) is 7. The van der Waals surface area contributed by atoms with E-state index in [2.05, 4.69) is 89.3 Å². The lowest BCUT2D eigenvalue weighted by Crippen LogP contribution is -2.54. The van der Waals surface area contributed by atoms with Crippen LogP contribution < -0.4 is 15.5 Å². The predicted molar refractivity (Wildman–Crippen MR) is 213 cm³/mol. The first kappa shape index (κ1) is 37.1. The number of imidazole rings is 1. The Morgan fingerprint density at radius 3 is 2.40 bits per heavy atom. The zero-order valence-electron chi connectivity index (χ0n) is 31.8. The molecule has 1 saturated carbocycles. The Morgan fingerprint density at radius 2 is 1.75 bits per heavy atom. The normalized spacial score (nSPS) is 21.9. The predicted octanol–water partition coefficient (Wildman–Crippen LogP) is 7.51. The number of piperazine rings is 1. The van der Waals surface area contributed by atoms with E-state index >= 15 is 0 Å². The summed E-state index contributed by atoms with van der Waals surface area (Å²) in [5.41, 5.74) is 5.14. The van der Waals surface area contributed by atoms with Gasteiger partial charge in [0.15, 0.2) is 0 Å². The number of amides is 2. The monoisotopic (exact) mass is 736 g/mol. The second kappa shape index (κ2) is 15.2. The van der Waals surface area contributed by atoms with Crippen molar-refractivity contribution in [1.29, 1.82) is 0 Å². The molecular weight excluding hydrogens is 684 g/mol. The number of pyridine rings is 1. The Morgan fingerprint density at radius 1 is 1.00 bits per heavy atom. The number of likely N-dealkylation sites (N-methyl/N-ethyl adjacent to an activating group) is 1. The summed E-state index contributed by atoms with van der Waals surface area (Å²) in [6, 6.07) is 18.5. The van der Waals surface area contributed by atoms with Crippen LogP contribution in [0.5, 0.6) is 0 Å². The van der Waals surface area contributed by atoms with E-state index in [-0.39, 0.29) is 29.2 Å². The van der Waals surface area contributed by atoms with Crippen LogP contribution in [-0.2, 0) is 4.79 Å². The Balaban J connectivity index is 0.944. The SMILES string of the molecule is CNC(CN1CCCC1c1ncc(-c2ccc(-c3ccc(NC(=O)c4ccc(N5CCN(C(=O)C6CC6(C)C)CC5C)nc4)cc3Cl)cc2)[nH]1)C(C)C. The molecule has 2 saturated heterocycles. The minimum absolute atomic E-state index is 0.129. The van der Waals surface area contributed by atoms with E-state index in [4.69, 9.17) is 16.6 Å². The van der Waals surface area contributed by atoms with E-state index in [0.29, 0.717) is 53.9 Å². The molecule has 2 aromatic heterocycles. The van der Waals surface area contributed by atoms with Gasteiger partial charge in [0.05, 0.1) is 28.5 Å². The topological polar surface area (TPSA) is 109 Å². The Hall–Kier alpha value is -4.25. The number of anilines is 2. The summed E-state index contributed by atoms with van der Waals surface area (Å²) in [5, 5.41) is 6.99. The quantitative estimate of drug-likeness (QED) is 0.146. The van der Waals surface area contributed by atoms with Crippen molar-refractivity contribution in [3.63, 3.8) is 0 Å². The summed E-state index contributed by atoms with van der Waals surface area (Å²) in [7, 11) is 2.05. The number of carbonyl (C=O) groups is 2. The fraction of sp³-hybridized carbons (Fsp3) is 0.476. The number of benzene rings is 2. The molecule has 3 aliphatic rings. The molecular formula is C42H53ClN8O2. The first-order chi connectivity index (χ1) is 25.4. The number of nitrogens with zero attached hydrogens (tertiary/aromatic N) is 5. The van der Waals surface area contributed by atoms with Crippen LogP contribution in [0, 0.1) is 17.3 Å². The van der Waals surface area contributed by atoms with Crippen LogP contribution in [0.25, 0.3) is 22.4 Å². The molecule has 7 rings (SSSR count). The van der Waals surface area contributed by atoms with Crippen molar-refractivity contribution in [2.75, 3.05) is 50.0 Å². The Labute approximate surface area is 318 Å². The maximum atomic E-state index is 13.2. The summed E-state index contributed by atoms with van der Waals surface area (Å²) < 4.78 is 0. The van der Waals surface area contributed by atoms with E-state index in [1.54, 1.807) is 18.3 Å². The second-order valence-electron chi connectivity index (χ2n) is 16.2. The first-order valence-electron chi connectivity index (χ1n) is 19.1. The van der Waals surface area contributed by atoms with Gasteiger partial charge >= 0.3 is 0 Å². The molecule has 4 heterocycles. The molecule has 2 aromatic carbocycles. The number of hydrogen-bond donors (Lipinski definition) is 3. The standard InChI is InChI=1S/C42H53ClN8O2/c1-26(2)36(44-6)25-49-17-7-8-37(49)39-46-23-35(48-39)29-11-9-28(10-12-29)32-15-14-31(20-34(32)43)47-40(52)30-13-16-38(45-22-30)51-19-18-50(24-27(51)3)41(53)33-21-42(33,4)5/h9-16,20,22-23,26-27,33,36-37,44H,7-8,17-19,21,24-25H2,1-6H3,(H,46,48)(H,47,52). The van der Waals surface area contributed by atoms with Crippen molar-refractivity contribution < 1.29 is 9.59 Å². The molecule has 4 aromatic rings. The van der Waals surface area contributed by atoms with Gasteiger partial charge in [-0.2, -0.15) is 0 Å². The molecule has 3 fully saturated rings. The highest BCUT2D eigenvalue weighted by molar-refractivity contribution is 6.33. The van der Waals surface area contributed by atoms with Gasteiger partial charge in [0.1, 0.15) is 11.6 Å². The largest absolute Gasteiger partial charge is 0.350 e. The number of aromatic amines is 1. The highest BCUT2D eigenvalue weighted by Crippen LogP contribution is 2.52. The number of nitrogens with one attached hydrogen (secondary N) is 3. The molecule has 1 aliphatic carbocycles. The smallest absolute Gasteiger partial charge is 0.257 e. The lowest BCUT2D eigenvalue weighted by Gasteiger charge is -2.40. The number of aromatic nitrogens is 3. The number of carbonyl (C=O) groups excluding carboxylic acids is 2. The zero-order chi connectivity index (χ0) is 37.4. The molecule has 2 aliphatic heterocycles. The van der Waals surface area contributed by atoms with Crippen molar-refractivity contribution in [3.8, 4) is 22.4 Å². The lowest BCUT2D eigenvalue weighted by atomic mass is 10.0. The van der Waals surface area contributed by atoms with Gasteiger partial charge < -0.3 is 25.4 Å². The number of likely N-dealkylation sites (tertiary alicyclic amines) is 1. The van der Waals surface area contributed by atoms with Crippen LogP contribution in [0.15, 0.2) is 67.0 Å². The van der Waals surface area contributed by atoms with Crippen molar-refractivity contribution in [3.05, 3.63) is 83.4 Å². The summed E-state index contributed by atoms with van der Waals surface area (Å²) in [6.07, 6.45) is 6.81. The maximum absolute atomic E-state index is 13.2. The van der Waals surface area contributed by atoms with Gasteiger partial charge in [-0.05, 0) is 86.5 Å². The average molecular weight is 737 g/mol. The van der Waals surface area contributed by atoms with Gasteiger partial charge in [0.2, 0.25) is 5.91 Å². The van der Waals surface area contributed by atoms with Gasteiger partial charge in [-0.25, -0.2) is 9.97 Å². The summed E-state index contributed by atoms with van der Waals surface area (Å²) in [6.45, 7) is 15.2. The van der Waals surface area contributed by atoms with E-state index in [9.17, 15) is 9.59 Å². The van der Waals surface area contributed by atoms with Gasteiger partial charge in [0, 0.05) is 61.6 Å². The lowest BCUT2D eigenvalue weighted by molar-refractivity contribution is -0.134. The molecule has 4 unspecified atom stereocenters. The minimum Gasteiger partial charge on any atom is -0.350 e. The van der Waals surface area contributed by atoms with Gasteiger partial charge in [0.25, 0.3) is 5.91 Å². The third-order valence-corrected chi connectivity index (χ3v) is 12.0. The molecule has 0 radical (unpaired) electrons. The highest BCUT2D eigenvalue weighted by atomic mass is 35.5. The number of halogens is 1. The van der Waals surface area contributed by atoms with E-state index in [1.807, 2.05) is 36.3 Å². The third-order valence-electron chi connectivity index (χ3n) is 11.7. The van der Waals surface area contributed by atoms with Crippen molar-refractivity contribution in [2.24, 2.45) is 17.3 Å². The third kappa shape index (κ3) is 8.00. The van der Waals surface area contributed by atoms with E-state index in [0.717, 1.165) is 60.0 Å². The maximum Gasteiger partial charge on any atom is 0.257 e. The molecule has 0 spiro atoms. The van der Waals surface area contributed by atoms with Gasteiger partial charge in [-0.3, -0.25) is 14.5 Å². The molecule has 3 N–H and O–H groups in total. The fourth-order valence-electron chi connectivity index (χ4n) is 8.05. The van der Waals surface area contributed by atoms with Crippen LogP contribution in [0.4, 0.5) is 11.5 Å². The van der Waals surface area contributed by atoms with Gasteiger partial charge in [-0.15, -0.1) is 0 Å². The van der Waals surface area contributed by atoms with Crippen LogP contribution in [-0.4, -0.2) is 88.4 Å². The average Bonchev–Trinajstić information content (AvgIpc) is 3.47. The molecule has 11 heteroatoms. The summed E-state index contributed by atoms with van der Waals surface area (Å²) in [5.74, 6) is 2.57. The molecule has 280 valence electrons. The first-order valence-corrected chi connectivity index (χ1v) is 19.5. The number of H-pyrrole nitrogens is 1. The van der Waals surface area contributed by atoms with E-state index in [1.165, 1.54) is 6.42 Å². The second-order valence-corrected chi connectivity index (χ2v) is 16.6. The molecule has 2 amide bonds. The van der Waals surface area contributed by atoms with Crippen LogP contribution in [0.3, 0.4) is 0 Å². The van der Waals surface area contributed by atoms with Gasteiger partial charge in [-0.1, -0.05) is 69.6 Å². The molecule has 0 bridgehead atoms. The highest BCUT2D eigenvalue weighted by Gasteiger charge is 2.52. The summed E-state index contributed by atoms with van der Waals surface area (Å²) in [4.78, 5) is 45.9. The molecule has 53 heavy (non-hydrogen) atoms. The van der Waals surface area contributed by atoms with Crippen molar-refractivity contribution >= 4 is 34.9 Å². The van der Waals surface area contributed by atoms with Crippen LogP contribution in [0.2, 0.25) is 5.02 Å². The Kier molecular flexibility index (Phi) is 10.7. The van der Waals surface area contributed by atoms with Crippen molar-refractivity contribution in [2.45, 2.75) is 72.0 Å². The van der Waals surface area contributed by atoms with E-state index < -0.39 is 0 Å². The molecule has 4 atom stereocenters. The zero-order valence-corrected chi connectivity index (χ0v) is 32.6. The number of rotatable bonds is 11. The van der Waals surface area contributed by atoms with Crippen LogP contribution >= 0.6 is 11.6 Å². The minimum atomic E-state index is -0.255. The van der Waals surface area contributed by atoms with Crippen molar-refractivity contribution in [1.82, 2.24) is 30.1 Å². The molecule has 10 nitrogen and oxygen atoms in total. The van der Waals surface area contributed by atoms with Crippen LogP contribution in [0.1, 0.15) is 76.1 Å². The summed E-state index contributed by atoms with van der Waals surface area (Å²) >= 11 is 6.77. The fourth-order valence-corrected chi connectivity index (χ4v) is 8.34.